The zero-order valence-corrected chi connectivity index (χ0v) is 14.0. The smallest absolute Gasteiger partial charge is 0.144 e. The average molecular weight is 326 g/mol. The van der Waals surface area contributed by atoms with Crippen molar-refractivity contribution in [2.24, 2.45) is 4.40 Å². The topological polar surface area (TPSA) is 35.4 Å². The minimum Gasteiger partial charge on any atom is -0.591 e. The quantitative estimate of drug-likeness (QED) is 0.581. The molecule has 0 saturated carbocycles. The summed E-state index contributed by atoms with van der Waals surface area (Å²) in [6, 6.07) is 11.8. The van der Waals surface area contributed by atoms with Crippen molar-refractivity contribution in [2.45, 2.75) is 25.5 Å². The van der Waals surface area contributed by atoms with Crippen molar-refractivity contribution in [1.29, 1.82) is 0 Å². The molecule has 0 saturated heterocycles. The van der Waals surface area contributed by atoms with Crippen LogP contribution < -0.4 is 0 Å². The van der Waals surface area contributed by atoms with Crippen LogP contribution in [0.15, 0.2) is 40.8 Å². The van der Waals surface area contributed by atoms with Gasteiger partial charge in [-0.3, -0.25) is 0 Å². The first kappa shape index (κ1) is 15.6. The predicted molar refractivity (Wildman–Crippen MR) is 90.3 cm³/mol. The second-order valence-electron chi connectivity index (χ2n) is 5.33. The lowest BCUT2D eigenvalue weighted by Crippen LogP contribution is -2.25. The molecule has 106 valence electrons. The normalized spacial score (nSPS) is 13.8. The molecule has 2 nitrogen and oxygen atoms in total. The third kappa shape index (κ3) is 4.09. The minimum atomic E-state index is -1.23. The van der Waals surface area contributed by atoms with Gasteiger partial charge in [-0.15, -0.1) is 11.3 Å². The van der Waals surface area contributed by atoms with Gasteiger partial charge < -0.3 is 4.55 Å². The maximum absolute atomic E-state index is 11.9. The van der Waals surface area contributed by atoms with E-state index in [1.54, 1.807) is 6.21 Å². The van der Waals surface area contributed by atoms with E-state index in [9.17, 15) is 4.55 Å². The molecular weight excluding hydrogens is 310 g/mol. The van der Waals surface area contributed by atoms with E-state index < -0.39 is 11.4 Å². The van der Waals surface area contributed by atoms with Gasteiger partial charge in [0, 0.05) is 4.88 Å². The molecule has 0 spiro atoms. The highest BCUT2D eigenvalue weighted by atomic mass is 35.5. The van der Waals surface area contributed by atoms with Crippen molar-refractivity contribution in [3.63, 3.8) is 0 Å². The van der Waals surface area contributed by atoms with Crippen LogP contribution >= 0.6 is 22.9 Å². The number of hydrogen-bond donors (Lipinski definition) is 0. The highest BCUT2D eigenvalue weighted by Crippen LogP contribution is 2.31. The molecule has 0 aliphatic heterocycles. The van der Waals surface area contributed by atoms with Gasteiger partial charge >= 0.3 is 0 Å². The summed E-state index contributed by atoms with van der Waals surface area (Å²) in [5.41, 5.74) is 2.03. The van der Waals surface area contributed by atoms with Crippen molar-refractivity contribution in [3.05, 3.63) is 46.3 Å². The first-order valence-electron chi connectivity index (χ1n) is 6.18. The minimum absolute atomic E-state index is 0.338. The zero-order valence-electron chi connectivity index (χ0n) is 11.6. The fourth-order valence-corrected chi connectivity index (χ4v) is 3.08. The monoisotopic (exact) mass is 325 g/mol. The first-order valence-corrected chi connectivity index (χ1v) is 8.48. The van der Waals surface area contributed by atoms with Crippen molar-refractivity contribution >= 4 is 40.5 Å². The summed E-state index contributed by atoms with van der Waals surface area (Å²) < 4.78 is 16.5. The average Bonchev–Trinajstić information content (AvgIpc) is 2.82. The molecule has 0 radical (unpaired) electrons. The Labute approximate surface area is 131 Å². The van der Waals surface area contributed by atoms with Gasteiger partial charge in [-0.25, -0.2) is 0 Å². The number of benzene rings is 1. The summed E-state index contributed by atoms with van der Waals surface area (Å²) in [6.45, 7) is 5.72. The van der Waals surface area contributed by atoms with Gasteiger partial charge in [0.1, 0.15) is 16.1 Å². The van der Waals surface area contributed by atoms with Crippen LogP contribution in [0.5, 0.6) is 0 Å². The second kappa shape index (κ2) is 6.31. The van der Waals surface area contributed by atoms with Crippen LogP contribution in [-0.4, -0.2) is 15.5 Å². The number of rotatable bonds is 3. The molecule has 1 aromatic carbocycles. The van der Waals surface area contributed by atoms with Crippen molar-refractivity contribution in [3.8, 4) is 10.4 Å². The molecule has 0 bridgehead atoms. The Morgan fingerprint density at radius 3 is 2.60 bits per heavy atom. The Morgan fingerprint density at radius 2 is 2.00 bits per heavy atom. The van der Waals surface area contributed by atoms with Gasteiger partial charge in [0.15, 0.2) is 0 Å². The van der Waals surface area contributed by atoms with Gasteiger partial charge in [0.05, 0.1) is 10.6 Å². The van der Waals surface area contributed by atoms with Crippen molar-refractivity contribution in [1.82, 2.24) is 0 Å². The fourth-order valence-electron chi connectivity index (χ4n) is 1.51. The number of halogens is 1. The Balaban J connectivity index is 2.20. The lowest BCUT2D eigenvalue weighted by atomic mass is 10.1. The van der Waals surface area contributed by atoms with Crippen LogP contribution in [0.25, 0.3) is 10.4 Å². The maximum atomic E-state index is 11.9. The van der Waals surface area contributed by atoms with E-state index in [1.807, 2.05) is 57.2 Å². The summed E-state index contributed by atoms with van der Waals surface area (Å²) in [5.74, 6) is 0. The molecule has 0 amide bonds. The summed E-state index contributed by atoms with van der Waals surface area (Å²) in [7, 11) is 0. The van der Waals surface area contributed by atoms with Gasteiger partial charge in [-0.1, -0.05) is 34.2 Å². The lowest BCUT2D eigenvalue weighted by Gasteiger charge is -2.17. The largest absolute Gasteiger partial charge is 0.591 e. The molecule has 0 fully saturated rings. The third-order valence-corrected chi connectivity index (χ3v) is 5.19. The van der Waals surface area contributed by atoms with E-state index in [2.05, 4.69) is 4.40 Å². The van der Waals surface area contributed by atoms with E-state index in [0.29, 0.717) is 0 Å². The fraction of sp³-hybridized carbons (Fsp3) is 0.267. The number of nitrogens with zero attached hydrogens (tertiary/aromatic N) is 1. The summed E-state index contributed by atoms with van der Waals surface area (Å²) >= 11 is 6.26. The van der Waals surface area contributed by atoms with Crippen LogP contribution in [0.2, 0.25) is 4.34 Å². The van der Waals surface area contributed by atoms with Crippen LogP contribution in [0.4, 0.5) is 0 Å². The van der Waals surface area contributed by atoms with E-state index >= 15 is 0 Å². The first-order chi connectivity index (χ1) is 9.36. The summed E-state index contributed by atoms with van der Waals surface area (Å²) in [4.78, 5) is 1.11. The molecule has 0 aliphatic rings. The summed E-state index contributed by atoms with van der Waals surface area (Å²) in [5, 5.41) is 0. The van der Waals surface area contributed by atoms with Crippen LogP contribution in [0, 0.1) is 0 Å². The highest BCUT2D eigenvalue weighted by molar-refractivity contribution is 7.91. The standard InChI is InChI=1S/C15H16ClNOS2/c1-15(2,3)20(18)17-10-11-5-4-6-12(9-11)13-7-8-14(16)19-13/h4-10H,1-3H3/b17-10+. The molecule has 1 aromatic heterocycles. The molecule has 0 aliphatic carbocycles. The van der Waals surface area contributed by atoms with Gasteiger partial charge in [0.25, 0.3) is 0 Å². The third-order valence-electron chi connectivity index (χ3n) is 2.57. The predicted octanol–water partition coefficient (Wildman–Crippen LogP) is 4.95. The van der Waals surface area contributed by atoms with E-state index in [0.717, 1.165) is 20.3 Å². The van der Waals surface area contributed by atoms with E-state index in [1.165, 1.54) is 11.3 Å². The molecule has 0 N–H and O–H groups in total. The molecular formula is C15H16ClNOS2. The molecule has 2 rings (SSSR count). The Bertz CT molecular complexity index is 616. The van der Waals surface area contributed by atoms with Crippen LogP contribution in [-0.2, 0) is 11.4 Å². The molecule has 2 aromatic rings. The van der Waals surface area contributed by atoms with Crippen molar-refractivity contribution in [2.75, 3.05) is 0 Å². The highest BCUT2D eigenvalue weighted by Gasteiger charge is 2.25. The van der Waals surface area contributed by atoms with Gasteiger partial charge in [-0.2, -0.15) is 0 Å². The molecule has 20 heavy (non-hydrogen) atoms. The molecule has 1 unspecified atom stereocenters. The Kier molecular flexibility index (Phi) is 4.91. The second-order valence-corrected chi connectivity index (χ2v) is 8.97. The number of hydrogen-bond acceptors (Lipinski definition) is 3. The van der Waals surface area contributed by atoms with Gasteiger partial charge in [-0.05, 0) is 50.1 Å². The van der Waals surface area contributed by atoms with E-state index in [4.69, 9.17) is 11.6 Å². The Hall–Kier alpha value is -0.810. The SMILES string of the molecule is CC(C)(C)[S+]([O-])/N=C/c1cccc(-c2ccc(Cl)s2)c1. The van der Waals surface area contributed by atoms with E-state index in [-0.39, 0.29) is 4.75 Å². The Morgan fingerprint density at radius 1 is 1.25 bits per heavy atom. The zero-order chi connectivity index (χ0) is 14.8. The molecule has 1 heterocycles. The summed E-state index contributed by atoms with van der Waals surface area (Å²) in [6.07, 6.45) is 1.67. The van der Waals surface area contributed by atoms with Crippen molar-refractivity contribution < 1.29 is 4.55 Å². The molecule has 5 heteroatoms. The maximum Gasteiger partial charge on any atom is 0.144 e. The van der Waals surface area contributed by atoms with Crippen LogP contribution in [0.3, 0.4) is 0 Å². The van der Waals surface area contributed by atoms with Crippen LogP contribution in [0.1, 0.15) is 26.3 Å². The number of thiophene rings is 1. The lowest BCUT2D eigenvalue weighted by molar-refractivity contribution is 0.562. The van der Waals surface area contributed by atoms with Gasteiger partial charge in [0.2, 0.25) is 0 Å². The molecule has 1 atom stereocenters.